The average molecular weight is 286 g/mol. The molecule has 1 aliphatic rings. The van der Waals surface area contributed by atoms with Crippen molar-refractivity contribution in [2.75, 3.05) is 13.1 Å². The molecule has 2 rings (SSSR count). The van der Waals surface area contributed by atoms with Crippen molar-refractivity contribution in [3.63, 3.8) is 0 Å². The molecule has 0 aromatic heterocycles. The molecule has 1 heterocycles. The molecule has 1 atom stereocenters. The van der Waals surface area contributed by atoms with Crippen LogP contribution in [0.3, 0.4) is 0 Å². The lowest BCUT2D eigenvalue weighted by atomic mass is 9.94. The van der Waals surface area contributed by atoms with E-state index < -0.39 is 0 Å². The summed E-state index contributed by atoms with van der Waals surface area (Å²) in [7, 11) is 0. The molecule has 1 saturated heterocycles. The van der Waals surface area contributed by atoms with Crippen molar-refractivity contribution < 1.29 is 4.79 Å². The molecule has 0 radical (unpaired) electrons. The van der Waals surface area contributed by atoms with Crippen LogP contribution in [0.25, 0.3) is 0 Å². The van der Waals surface area contributed by atoms with Crippen LogP contribution in [0.1, 0.15) is 25.3 Å². The molecule has 2 nitrogen and oxygen atoms in total. The number of Topliss-reactive ketones (excluding diaryl/α,β-unsaturated/α-hetero) is 1. The topological polar surface area (TPSA) is 20.3 Å². The highest BCUT2D eigenvalue weighted by Gasteiger charge is 2.23. The average Bonchev–Trinajstić information content (AvgIpc) is 2.34. The third-order valence-corrected chi connectivity index (χ3v) is 4.23. The Bertz CT molecular complexity index is 427. The smallest absolute Gasteiger partial charge is 0.134 e. The molecule has 0 amide bonds. The Balaban J connectivity index is 2.07. The third kappa shape index (κ3) is 3.25. The fourth-order valence-electron chi connectivity index (χ4n) is 2.44. The summed E-state index contributed by atoms with van der Waals surface area (Å²) in [6.07, 6.45) is 2.06. The number of likely N-dealkylation sites (tertiary alicyclic amines) is 1. The van der Waals surface area contributed by atoms with E-state index in [2.05, 4.69) is 4.90 Å². The number of piperidine rings is 1. The molecule has 0 bridgehead atoms. The molecule has 4 heteroatoms. The van der Waals surface area contributed by atoms with Gasteiger partial charge in [0.2, 0.25) is 0 Å². The van der Waals surface area contributed by atoms with Crippen molar-refractivity contribution in [2.45, 2.75) is 26.3 Å². The van der Waals surface area contributed by atoms with Gasteiger partial charge in [0.05, 0.1) is 0 Å². The number of halogens is 2. The van der Waals surface area contributed by atoms with Gasteiger partial charge >= 0.3 is 0 Å². The van der Waals surface area contributed by atoms with E-state index in [4.69, 9.17) is 23.2 Å². The van der Waals surface area contributed by atoms with Crippen LogP contribution < -0.4 is 0 Å². The molecule has 1 unspecified atom stereocenters. The van der Waals surface area contributed by atoms with Gasteiger partial charge in [-0.05, 0) is 38.4 Å². The van der Waals surface area contributed by atoms with Gasteiger partial charge in [-0.1, -0.05) is 29.3 Å². The van der Waals surface area contributed by atoms with E-state index in [1.807, 2.05) is 18.2 Å². The lowest BCUT2D eigenvalue weighted by Gasteiger charge is -2.31. The van der Waals surface area contributed by atoms with Crippen molar-refractivity contribution in [3.05, 3.63) is 33.8 Å². The minimum Gasteiger partial charge on any atom is -0.300 e. The van der Waals surface area contributed by atoms with Crippen LogP contribution in [-0.2, 0) is 11.3 Å². The number of hydrogen-bond acceptors (Lipinski definition) is 2. The largest absolute Gasteiger partial charge is 0.300 e. The quantitative estimate of drug-likeness (QED) is 0.842. The lowest BCUT2D eigenvalue weighted by molar-refractivity contribution is -0.122. The van der Waals surface area contributed by atoms with Gasteiger partial charge in [0, 0.05) is 34.6 Å². The number of ketones is 1. The van der Waals surface area contributed by atoms with Gasteiger partial charge in [-0.2, -0.15) is 0 Å². The zero-order chi connectivity index (χ0) is 13.1. The molecule has 98 valence electrons. The van der Waals surface area contributed by atoms with Gasteiger partial charge in [0.25, 0.3) is 0 Å². The highest BCUT2D eigenvalue weighted by atomic mass is 35.5. The van der Waals surface area contributed by atoms with Crippen LogP contribution in [0.5, 0.6) is 0 Å². The number of nitrogens with zero attached hydrogens (tertiary/aromatic N) is 1. The van der Waals surface area contributed by atoms with Gasteiger partial charge in [0.1, 0.15) is 5.78 Å². The zero-order valence-electron chi connectivity index (χ0n) is 10.5. The van der Waals surface area contributed by atoms with E-state index in [9.17, 15) is 4.79 Å². The van der Waals surface area contributed by atoms with Crippen LogP contribution in [-0.4, -0.2) is 23.8 Å². The van der Waals surface area contributed by atoms with Gasteiger partial charge < -0.3 is 0 Å². The first-order chi connectivity index (χ1) is 8.58. The fraction of sp³-hybridized carbons (Fsp3) is 0.500. The normalized spacial score (nSPS) is 20.9. The summed E-state index contributed by atoms with van der Waals surface area (Å²) in [4.78, 5) is 13.7. The number of hydrogen-bond donors (Lipinski definition) is 0. The monoisotopic (exact) mass is 285 g/mol. The molecular weight excluding hydrogens is 269 g/mol. The number of rotatable bonds is 3. The molecule has 0 N–H and O–H groups in total. The summed E-state index contributed by atoms with van der Waals surface area (Å²) in [5, 5.41) is 1.40. The second-order valence-electron chi connectivity index (χ2n) is 4.89. The molecular formula is C14H17Cl2NO. The molecule has 1 aromatic carbocycles. The second-order valence-corrected chi connectivity index (χ2v) is 5.70. The maximum absolute atomic E-state index is 11.5. The summed E-state index contributed by atoms with van der Waals surface area (Å²) in [6, 6.07) is 5.56. The van der Waals surface area contributed by atoms with Gasteiger partial charge in [-0.3, -0.25) is 9.69 Å². The molecule has 0 saturated carbocycles. The molecule has 1 aromatic rings. The predicted octanol–water partition coefficient (Wildman–Crippen LogP) is 3.79. The van der Waals surface area contributed by atoms with Crippen molar-refractivity contribution in [2.24, 2.45) is 5.92 Å². The Hall–Kier alpha value is -0.570. The summed E-state index contributed by atoms with van der Waals surface area (Å²) >= 11 is 12.3. The summed E-state index contributed by atoms with van der Waals surface area (Å²) in [5.41, 5.74) is 0.963. The van der Waals surface area contributed by atoms with Crippen molar-refractivity contribution in [1.82, 2.24) is 4.90 Å². The zero-order valence-corrected chi connectivity index (χ0v) is 12.0. The first kappa shape index (κ1) is 13.9. The first-order valence-corrected chi connectivity index (χ1v) is 6.99. The molecule has 0 spiro atoms. The standard InChI is InChI=1S/C14H17Cl2NO/c1-10(18)11-4-3-7-17(8-11)9-12-13(15)5-2-6-14(12)16/h2,5-6,11H,3-4,7-9H2,1H3. The molecule has 1 aliphatic heterocycles. The number of carbonyl (C=O) groups excluding carboxylic acids is 1. The Kier molecular flexibility index (Phi) is 4.66. The van der Waals surface area contributed by atoms with Crippen LogP contribution in [0, 0.1) is 5.92 Å². The molecule has 1 fully saturated rings. The maximum Gasteiger partial charge on any atom is 0.134 e. The van der Waals surface area contributed by atoms with E-state index >= 15 is 0 Å². The van der Waals surface area contributed by atoms with Crippen LogP contribution >= 0.6 is 23.2 Å². The summed E-state index contributed by atoms with van der Waals surface area (Å²) < 4.78 is 0. The lowest BCUT2D eigenvalue weighted by Crippen LogP contribution is -2.37. The van der Waals surface area contributed by atoms with Crippen molar-refractivity contribution in [1.29, 1.82) is 0 Å². The summed E-state index contributed by atoms with van der Waals surface area (Å²) in [5.74, 6) is 0.449. The highest BCUT2D eigenvalue weighted by molar-refractivity contribution is 6.35. The van der Waals surface area contributed by atoms with Gasteiger partial charge in [-0.25, -0.2) is 0 Å². The highest BCUT2D eigenvalue weighted by Crippen LogP contribution is 2.27. The first-order valence-electron chi connectivity index (χ1n) is 6.23. The molecule has 0 aliphatic carbocycles. The summed E-state index contributed by atoms with van der Waals surface area (Å²) in [6.45, 7) is 4.22. The molecule has 18 heavy (non-hydrogen) atoms. The second kappa shape index (κ2) is 6.05. The SMILES string of the molecule is CC(=O)C1CCCN(Cc2c(Cl)cccc2Cl)C1. The third-order valence-electron chi connectivity index (χ3n) is 3.52. The van der Waals surface area contributed by atoms with E-state index in [-0.39, 0.29) is 11.7 Å². The Labute approximate surface area is 118 Å². The Morgan fingerprint density at radius 3 is 2.67 bits per heavy atom. The Morgan fingerprint density at radius 2 is 2.06 bits per heavy atom. The Morgan fingerprint density at radius 1 is 1.39 bits per heavy atom. The minimum absolute atomic E-state index is 0.167. The fourth-order valence-corrected chi connectivity index (χ4v) is 2.95. The van der Waals surface area contributed by atoms with E-state index in [0.717, 1.165) is 38.0 Å². The van der Waals surface area contributed by atoms with E-state index in [1.165, 1.54) is 0 Å². The van der Waals surface area contributed by atoms with Crippen molar-refractivity contribution >= 4 is 29.0 Å². The minimum atomic E-state index is 0.167. The maximum atomic E-state index is 11.5. The van der Waals surface area contributed by atoms with Gasteiger partial charge in [0.15, 0.2) is 0 Å². The van der Waals surface area contributed by atoms with E-state index in [0.29, 0.717) is 10.0 Å². The van der Waals surface area contributed by atoms with Crippen LogP contribution in [0.15, 0.2) is 18.2 Å². The number of benzene rings is 1. The number of carbonyl (C=O) groups is 1. The van der Waals surface area contributed by atoms with Crippen LogP contribution in [0.4, 0.5) is 0 Å². The predicted molar refractivity (Wildman–Crippen MR) is 75.1 cm³/mol. The van der Waals surface area contributed by atoms with Crippen molar-refractivity contribution in [3.8, 4) is 0 Å². The van der Waals surface area contributed by atoms with E-state index in [1.54, 1.807) is 6.92 Å². The van der Waals surface area contributed by atoms with Gasteiger partial charge in [-0.15, -0.1) is 0 Å². The van der Waals surface area contributed by atoms with Crippen LogP contribution in [0.2, 0.25) is 10.0 Å².